The molecule has 1 atom stereocenters. The molecule has 1 aromatic carbocycles. The van der Waals surface area contributed by atoms with Crippen LogP contribution in [0.3, 0.4) is 0 Å². The molecule has 0 aliphatic carbocycles. The molecule has 2 heterocycles. The molecule has 31 heavy (non-hydrogen) atoms. The third-order valence-corrected chi connectivity index (χ3v) is 6.25. The van der Waals surface area contributed by atoms with Crippen molar-refractivity contribution in [1.29, 1.82) is 0 Å². The van der Waals surface area contributed by atoms with Crippen molar-refractivity contribution in [2.75, 3.05) is 27.3 Å². The highest BCUT2D eigenvalue weighted by atomic mass is 16.5. The first-order valence-corrected chi connectivity index (χ1v) is 11.2. The molecule has 0 radical (unpaired) electrons. The van der Waals surface area contributed by atoms with Crippen molar-refractivity contribution in [3.8, 4) is 11.5 Å². The Labute approximate surface area is 185 Å². The second kappa shape index (κ2) is 11.2. The van der Waals surface area contributed by atoms with Crippen LogP contribution in [0.25, 0.3) is 0 Å². The third kappa shape index (κ3) is 6.23. The summed E-state index contributed by atoms with van der Waals surface area (Å²) in [6, 6.07) is 5.65. The van der Waals surface area contributed by atoms with Gasteiger partial charge in [-0.25, -0.2) is 0 Å². The number of aryl methyl sites for hydroxylation is 1. The number of likely N-dealkylation sites (tertiary alicyclic amines) is 1. The van der Waals surface area contributed by atoms with E-state index < -0.39 is 0 Å². The zero-order chi connectivity index (χ0) is 22.2. The number of aromatic nitrogens is 2. The topological polar surface area (TPSA) is 68.6 Å². The van der Waals surface area contributed by atoms with Crippen molar-refractivity contribution in [3.05, 3.63) is 41.2 Å². The lowest BCUT2D eigenvalue weighted by molar-refractivity contribution is -0.121. The first-order chi connectivity index (χ1) is 15.0. The highest BCUT2D eigenvalue weighted by Crippen LogP contribution is 2.25. The number of methoxy groups -OCH3 is 2. The van der Waals surface area contributed by atoms with Gasteiger partial charge in [0.25, 0.3) is 0 Å². The monoisotopic (exact) mass is 428 g/mol. The average molecular weight is 429 g/mol. The SMILES string of the molecule is CCn1ncc(CN2CCC[C@@H](CCC(=O)NCc3ccc(OC)cc3OC)C2)c1C. The molecular weight excluding hydrogens is 392 g/mol. The third-order valence-electron chi connectivity index (χ3n) is 6.25. The van der Waals surface area contributed by atoms with Crippen LogP contribution in [0.15, 0.2) is 24.4 Å². The van der Waals surface area contributed by atoms with Crippen molar-refractivity contribution in [2.24, 2.45) is 5.92 Å². The molecule has 7 heteroatoms. The molecule has 1 fully saturated rings. The molecule has 3 rings (SSSR count). The number of nitrogens with zero attached hydrogens (tertiary/aromatic N) is 3. The maximum absolute atomic E-state index is 12.4. The van der Waals surface area contributed by atoms with Crippen LogP contribution in [0.1, 0.15) is 49.4 Å². The quantitative estimate of drug-likeness (QED) is 0.627. The minimum atomic E-state index is 0.0926. The van der Waals surface area contributed by atoms with Crippen molar-refractivity contribution in [2.45, 2.75) is 59.2 Å². The summed E-state index contributed by atoms with van der Waals surface area (Å²) >= 11 is 0. The van der Waals surface area contributed by atoms with Gasteiger partial charge in [-0.1, -0.05) is 0 Å². The molecule has 1 aromatic heterocycles. The fourth-order valence-electron chi connectivity index (χ4n) is 4.35. The highest BCUT2D eigenvalue weighted by molar-refractivity contribution is 5.75. The smallest absolute Gasteiger partial charge is 0.220 e. The summed E-state index contributed by atoms with van der Waals surface area (Å²) in [5.41, 5.74) is 3.52. The Bertz CT molecular complexity index is 865. The predicted octanol–water partition coefficient (Wildman–Crippen LogP) is 3.54. The van der Waals surface area contributed by atoms with Gasteiger partial charge in [-0.05, 0) is 57.7 Å². The molecular formula is C24H36N4O3. The Morgan fingerprint density at radius 3 is 2.81 bits per heavy atom. The summed E-state index contributed by atoms with van der Waals surface area (Å²) in [5.74, 6) is 2.13. The van der Waals surface area contributed by atoms with Crippen LogP contribution in [0.5, 0.6) is 11.5 Å². The number of carbonyl (C=O) groups excluding carboxylic acids is 1. The van der Waals surface area contributed by atoms with E-state index in [2.05, 4.69) is 33.8 Å². The summed E-state index contributed by atoms with van der Waals surface area (Å²) in [6.07, 6.45) is 5.88. The number of hydrogen-bond acceptors (Lipinski definition) is 5. The standard InChI is InChI=1S/C24H36N4O3/c1-5-28-18(2)21(15-26-28)17-27-12-6-7-19(16-27)8-11-24(29)25-14-20-9-10-22(30-3)13-23(20)31-4/h9-10,13,15,19H,5-8,11-12,14,16-17H2,1-4H3,(H,25,29)/t19-/m0/s1. The maximum atomic E-state index is 12.4. The van der Waals surface area contributed by atoms with Gasteiger partial charge in [0.05, 0.1) is 20.4 Å². The Morgan fingerprint density at radius 1 is 1.26 bits per heavy atom. The van der Waals surface area contributed by atoms with E-state index in [4.69, 9.17) is 9.47 Å². The Hall–Kier alpha value is -2.54. The maximum Gasteiger partial charge on any atom is 0.220 e. The van der Waals surface area contributed by atoms with Crippen molar-refractivity contribution < 1.29 is 14.3 Å². The van der Waals surface area contributed by atoms with Gasteiger partial charge in [0.15, 0.2) is 0 Å². The van der Waals surface area contributed by atoms with E-state index in [-0.39, 0.29) is 5.91 Å². The van der Waals surface area contributed by atoms with Crippen LogP contribution in [-0.2, 0) is 24.4 Å². The Balaban J connectivity index is 1.44. The first kappa shape index (κ1) is 23.1. The predicted molar refractivity (Wildman–Crippen MR) is 121 cm³/mol. The second-order valence-corrected chi connectivity index (χ2v) is 8.31. The van der Waals surface area contributed by atoms with Gasteiger partial charge in [0.2, 0.25) is 5.91 Å². The fraction of sp³-hybridized carbons (Fsp3) is 0.583. The molecule has 7 nitrogen and oxygen atoms in total. The van der Waals surface area contributed by atoms with Gasteiger partial charge in [-0.3, -0.25) is 14.4 Å². The average Bonchev–Trinajstić information content (AvgIpc) is 3.15. The fourth-order valence-corrected chi connectivity index (χ4v) is 4.35. The summed E-state index contributed by atoms with van der Waals surface area (Å²) in [5, 5.41) is 7.50. The van der Waals surface area contributed by atoms with Gasteiger partial charge in [0.1, 0.15) is 11.5 Å². The number of ether oxygens (including phenoxy) is 2. The van der Waals surface area contributed by atoms with Gasteiger partial charge >= 0.3 is 0 Å². The van der Waals surface area contributed by atoms with E-state index in [9.17, 15) is 4.79 Å². The minimum Gasteiger partial charge on any atom is -0.497 e. The molecule has 0 bridgehead atoms. The summed E-state index contributed by atoms with van der Waals surface area (Å²) in [4.78, 5) is 14.9. The molecule has 1 aliphatic rings. The molecule has 0 unspecified atom stereocenters. The number of carbonyl (C=O) groups is 1. The summed E-state index contributed by atoms with van der Waals surface area (Å²) in [7, 11) is 3.26. The lowest BCUT2D eigenvalue weighted by Crippen LogP contribution is -2.35. The largest absolute Gasteiger partial charge is 0.497 e. The van der Waals surface area contributed by atoms with E-state index in [0.29, 0.717) is 18.9 Å². The van der Waals surface area contributed by atoms with E-state index in [1.807, 2.05) is 24.4 Å². The molecule has 1 saturated heterocycles. The number of hydrogen-bond donors (Lipinski definition) is 1. The van der Waals surface area contributed by atoms with Crippen LogP contribution in [0.4, 0.5) is 0 Å². The van der Waals surface area contributed by atoms with E-state index in [0.717, 1.165) is 49.7 Å². The lowest BCUT2D eigenvalue weighted by Gasteiger charge is -2.32. The molecule has 2 aromatic rings. The number of rotatable bonds is 10. The molecule has 0 saturated carbocycles. The van der Waals surface area contributed by atoms with Crippen molar-refractivity contribution >= 4 is 5.91 Å². The normalized spacial score (nSPS) is 16.8. The van der Waals surface area contributed by atoms with Gasteiger partial charge in [-0.2, -0.15) is 5.10 Å². The van der Waals surface area contributed by atoms with Crippen molar-refractivity contribution in [3.63, 3.8) is 0 Å². The van der Waals surface area contributed by atoms with Gasteiger partial charge < -0.3 is 14.8 Å². The molecule has 170 valence electrons. The van der Waals surface area contributed by atoms with Crippen molar-refractivity contribution in [1.82, 2.24) is 20.0 Å². The van der Waals surface area contributed by atoms with Crippen LogP contribution >= 0.6 is 0 Å². The van der Waals surface area contributed by atoms with Gasteiger partial charge in [0, 0.05) is 55.5 Å². The lowest BCUT2D eigenvalue weighted by atomic mass is 9.93. The summed E-state index contributed by atoms with van der Waals surface area (Å²) < 4.78 is 12.7. The first-order valence-electron chi connectivity index (χ1n) is 11.2. The Morgan fingerprint density at radius 2 is 2.10 bits per heavy atom. The van der Waals surface area contributed by atoms with Crippen LogP contribution in [-0.4, -0.2) is 47.9 Å². The molecule has 1 N–H and O–H groups in total. The van der Waals surface area contributed by atoms with Crippen LogP contribution < -0.4 is 14.8 Å². The van der Waals surface area contributed by atoms with Gasteiger partial charge in [-0.15, -0.1) is 0 Å². The zero-order valence-electron chi connectivity index (χ0n) is 19.3. The molecule has 0 spiro atoms. The Kier molecular flexibility index (Phi) is 8.35. The highest BCUT2D eigenvalue weighted by Gasteiger charge is 2.22. The minimum absolute atomic E-state index is 0.0926. The zero-order valence-corrected chi connectivity index (χ0v) is 19.3. The summed E-state index contributed by atoms with van der Waals surface area (Å²) in [6.45, 7) is 8.76. The number of amides is 1. The number of nitrogens with one attached hydrogen (secondary N) is 1. The van der Waals surface area contributed by atoms with E-state index in [1.165, 1.54) is 24.1 Å². The number of piperidine rings is 1. The second-order valence-electron chi connectivity index (χ2n) is 8.31. The van der Waals surface area contributed by atoms with Crippen LogP contribution in [0.2, 0.25) is 0 Å². The number of benzene rings is 1. The molecule has 1 amide bonds. The van der Waals surface area contributed by atoms with E-state index in [1.54, 1.807) is 14.2 Å². The molecule has 1 aliphatic heterocycles. The van der Waals surface area contributed by atoms with Crippen LogP contribution in [0, 0.1) is 12.8 Å². The van der Waals surface area contributed by atoms with E-state index >= 15 is 0 Å².